The van der Waals surface area contributed by atoms with E-state index in [1.807, 2.05) is 0 Å². The molecule has 17 heavy (non-hydrogen) atoms. The van der Waals surface area contributed by atoms with Gasteiger partial charge in [-0.05, 0) is 18.6 Å². The Hall–Kier alpha value is -1.32. The molecule has 0 amide bonds. The zero-order chi connectivity index (χ0) is 12.3. The van der Waals surface area contributed by atoms with E-state index < -0.39 is 0 Å². The van der Waals surface area contributed by atoms with Gasteiger partial charge in [-0.2, -0.15) is 0 Å². The van der Waals surface area contributed by atoms with E-state index in [2.05, 4.69) is 54.3 Å². The summed E-state index contributed by atoms with van der Waals surface area (Å²) in [6.45, 7) is 3.82. The van der Waals surface area contributed by atoms with Gasteiger partial charge >= 0.3 is 0 Å². The molecule has 2 rings (SSSR count). The normalized spacial score (nSPS) is 13.1. The van der Waals surface area contributed by atoms with Crippen LogP contribution < -0.4 is 5.32 Å². The smallest absolute Gasteiger partial charge is 0.0667 e. The van der Waals surface area contributed by atoms with Crippen LogP contribution in [0.1, 0.15) is 12.5 Å². The van der Waals surface area contributed by atoms with E-state index in [-0.39, 0.29) is 6.10 Å². The molecule has 1 unspecified atom stereocenters. The third-order valence-corrected chi connectivity index (χ3v) is 3.13. The van der Waals surface area contributed by atoms with E-state index in [0.717, 1.165) is 13.1 Å². The topological polar surface area (TPSA) is 26.2 Å². The largest absolute Gasteiger partial charge is 0.380 e. The Labute approximate surface area is 102 Å². The average molecular weight is 232 g/mol. The lowest BCUT2D eigenvalue weighted by molar-refractivity contribution is 0.117. The minimum atomic E-state index is 0.255. The van der Waals surface area contributed by atoms with Crippen molar-refractivity contribution in [2.75, 3.05) is 13.7 Å². The fourth-order valence-electron chi connectivity index (χ4n) is 2.06. The fraction of sp³-hybridized carbons (Fsp3) is 0.429. The number of nitrogens with zero attached hydrogens (tertiary/aromatic N) is 1. The minimum Gasteiger partial charge on any atom is -0.380 e. The molecule has 1 aromatic carbocycles. The van der Waals surface area contributed by atoms with Gasteiger partial charge in [-0.25, -0.2) is 0 Å². The van der Waals surface area contributed by atoms with E-state index in [1.54, 1.807) is 7.11 Å². The number of para-hydroxylation sites is 1. The van der Waals surface area contributed by atoms with Crippen molar-refractivity contribution in [3.8, 4) is 0 Å². The summed E-state index contributed by atoms with van der Waals surface area (Å²) in [6, 6.07) is 8.48. The van der Waals surface area contributed by atoms with Crippen LogP contribution in [-0.4, -0.2) is 24.3 Å². The number of hydrogen-bond acceptors (Lipinski definition) is 2. The molecule has 1 atom stereocenters. The highest BCUT2D eigenvalue weighted by Gasteiger charge is 2.05. The summed E-state index contributed by atoms with van der Waals surface area (Å²) in [5.41, 5.74) is 2.62. The summed E-state index contributed by atoms with van der Waals surface area (Å²) in [5, 5.41) is 4.75. The van der Waals surface area contributed by atoms with Crippen molar-refractivity contribution < 1.29 is 4.74 Å². The summed E-state index contributed by atoms with van der Waals surface area (Å²) in [7, 11) is 3.83. The van der Waals surface area contributed by atoms with E-state index in [9.17, 15) is 0 Å². The van der Waals surface area contributed by atoms with Crippen LogP contribution in [0.25, 0.3) is 10.9 Å². The number of hydrogen-bond donors (Lipinski definition) is 1. The molecular weight excluding hydrogens is 212 g/mol. The summed E-state index contributed by atoms with van der Waals surface area (Å²) >= 11 is 0. The minimum absolute atomic E-state index is 0.255. The van der Waals surface area contributed by atoms with Gasteiger partial charge in [0.2, 0.25) is 0 Å². The average Bonchev–Trinajstić information content (AvgIpc) is 2.67. The van der Waals surface area contributed by atoms with Gasteiger partial charge < -0.3 is 14.6 Å². The molecule has 1 heterocycles. The van der Waals surface area contributed by atoms with Crippen LogP contribution in [-0.2, 0) is 18.3 Å². The third kappa shape index (κ3) is 2.68. The molecule has 3 nitrogen and oxygen atoms in total. The molecule has 2 aromatic rings. The first kappa shape index (κ1) is 12.1. The molecule has 3 heteroatoms. The van der Waals surface area contributed by atoms with E-state index >= 15 is 0 Å². The van der Waals surface area contributed by atoms with Crippen molar-refractivity contribution in [2.24, 2.45) is 7.05 Å². The quantitative estimate of drug-likeness (QED) is 0.856. The molecule has 1 aromatic heterocycles. The van der Waals surface area contributed by atoms with Gasteiger partial charge in [0.15, 0.2) is 0 Å². The number of methoxy groups -OCH3 is 1. The number of nitrogens with one attached hydrogen (secondary N) is 1. The van der Waals surface area contributed by atoms with Crippen molar-refractivity contribution in [1.29, 1.82) is 0 Å². The maximum atomic E-state index is 5.21. The van der Waals surface area contributed by atoms with Crippen molar-refractivity contribution in [1.82, 2.24) is 9.88 Å². The Morgan fingerprint density at radius 1 is 1.35 bits per heavy atom. The first-order valence-corrected chi connectivity index (χ1v) is 5.99. The number of fused-ring (bicyclic) bond motifs is 1. The number of rotatable bonds is 5. The van der Waals surface area contributed by atoms with Gasteiger partial charge in [0.1, 0.15) is 0 Å². The van der Waals surface area contributed by atoms with Gasteiger partial charge in [0.05, 0.1) is 6.10 Å². The Morgan fingerprint density at radius 2 is 2.12 bits per heavy atom. The summed E-state index contributed by atoms with van der Waals surface area (Å²) < 4.78 is 7.39. The highest BCUT2D eigenvalue weighted by molar-refractivity contribution is 5.83. The first-order valence-electron chi connectivity index (χ1n) is 5.99. The van der Waals surface area contributed by atoms with Gasteiger partial charge in [-0.3, -0.25) is 0 Å². The predicted octanol–water partition coefficient (Wildman–Crippen LogP) is 2.30. The standard InChI is InChI=1S/C14H20N2O/c1-11(17-3)8-15-9-12-10-16(2)14-7-5-4-6-13(12)14/h4-7,10-11,15H,8-9H2,1-3H3. The van der Waals surface area contributed by atoms with Crippen LogP contribution in [0.3, 0.4) is 0 Å². The van der Waals surface area contributed by atoms with E-state index in [4.69, 9.17) is 4.74 Å². The lowest BCUT2D eigenvalue weighted by Gasteiger charge is -2.10. The molecule has 0 aliphatic heterocycles. The molecule has 1 N–H and O–H groups in total. The molecule has 0 saturated heterocycles. The second kappa shape index (κ2) is 5.34. The van der Waals surface area contributed by atoms with Gasteiger partial charge in [-0.1, -0.05) is 18.2 Å². The zero-order valence-electron chi connectivity index (χ0n) is 10.7. The van der Waals surface area contributed by atoms with E-state index in [0.29, 0.717) is 0 Å². The Balaban J connectivity index is 2.09. The molecule has 0 spiro atoms. The molecule has 0 radical (unpaired) electrons. The molecule has 0 saturated carbocycles. The predicted molar refractivity (Wildman–Crippen MR) is 71.1 cm³/mol. The van der Waals surface area contributed by atoms with Gasteiger partial charge in [0.25, 0.3) is 0 Å². The van der Waals surface area contributed by atoms with Crippen molar-refractivity contribution in [3.05, 3.63) is 36.0 Å². The van der Waals surface area contributed by atoms with Gasteiger partial charge in [-0.15, -0.1) is 0 Å². The lowest BCUT2D eigenvalue weighted by atomic mass is 10.2. The highest BCUT2D eigenvalue weighted by Crippen LogP contribution is 2.19. The van der Waals surface area contributed by atoms with Crippen LogP contribution in [0, 0.1) is 0 Å². The number of aromatic nitrogens is 1. The lowest BCUT2D eigenvalue weighted by Crippen LogP contribution is -2.25. The molecular formula is C14H20N2O. The Bertz CT molecular complexity index is 490. The second-order valence-corrected chi connectivity index (χ2v) is 4.46. The Kier molecular flexibility index (Phi) is 3.82. The number of ether oxygens (including phenoxy) is 1. The summed E-state index contributed by atoms with van der Waals surface area (Å²) in [4.78, 5) is 0. The zero-order valence-corrected chi connectivity index (χ0v) is 10.7. The van der Waals surface area contributed by atoms with Crippen LogP contribution in [0.15, 0.2) is 30.5 Å². The summed E-state index contributed by atoms with van der Waals surface area (Å²) in [6.07, 6.45) is 2.44. The van der Waals surface area contributed by atoms with Gasteiger partial charge in [0, 0.05) is 44.3 Å². The third-order valence-electron chi connectivity index (χ3n) is 3.13. The van der Waals surface area contributed by atoms with E-state index in [1.165, 1.54) is 16.5 Å². The molecule has 0 bridgehead atoms. The maximum Gasteiger partial charge on any atom is 0.0667 e. The van der Waals surface area contributed by atoms with Crippen LogP contribution in [0.5, 0.6) is 0 Å². The molecule has 0 aliphatic rings. The van der Waals surface area contributed by atoms with Crippen LogP contribution in [0.2, 0.25) is 0 Å². The van der Waals surface area contributed by atoms with Crippen molar-refractivity contribution in [2.45, 2.75) is 19.6 Å². The number of aryl methyl sites for hydroxylation is 1. The summed E-state index contributed by atoms with van der Waals surface area (Å²) in [5.74, 6) is 0. The van der Waals surface area contributed by atoms with Crippen molar-refractivity contribution in [3.63, 3.8) is 0 Å². The first-order chi connectivity index (χ1) is 8.22. The molecule has 92 valence electrons. The molecule has 0 fully saturated rings. The van der Waals surface area contributed by atoms with Crippen LogP contribution >= 0.6 is 0 Å². The Morgan fingerprint density at radius 3 is 2.88 bits per heavy atom. The monoisotopic (exact) mass is 232 g/mol. The maximum absolute atomic E-state index is 5.21. The fourth-order valence-corrected chi connectivity index (χ4v) is 2.06. The van der Waals surface area contributed by atoms with Crippen molar-refractivity contribution >= 4 is 10.9 Å². The molecule has 0 aliphatic carbocycles. The highest BCUT2D eigenvalue weighted by atomic mass is 16.5. The SMILES string of the molecule is COC(C)CNCc1cn(C)c2ccccc12. The second-order valence-electron chi connectivity index (χ2n) is 4.46. The van der Waals surface area contributed by atoms with Crippen LogP contribution in [0.4, 0.5) is 0 Å². The number of benzene rings is 1.